The van der Waals surface area contributed by atoms with Crippen molar-refractivity contribution in [2.45, 2.75) is 38.1 Å². The molecule has 4 N–H and O–H groups in total. The lowest BCUT2D eigenvalue weighted by Crippen LogP contribution is -2.41. The molecule has 36 heavy (non-hydrogen) atoms. The van der Waals surface area contributed by atoms with Gasteiger partial charge in [-0.15, -0.1) is 0 Å². The third-order valence-corrected chi connectivity index (χ3v) is 6.56. The highest BCUT2D eigenvalue weighted by Gasteiger charge is 2.28. The number of aromatic nitrogens is 4. The number of hydrogen-bond donors (Lipinski definition) is 2. The molecule has 1 aliphatic heterocycles. The lowest BCUT2D eigenvalue weighted by Gasteiger charge is -2.33. The van der Waals surface area contributed by atoms with Gasteiger partial charge in [-0.05, 0) is 68.6 Å². The fourth-order valence-corrected chi connectivity index (χ4v) is 4.72. The standard InChI is InChI=1S/C27H31N7O2/c28-15-5-4-10-23(35)33-16-6-7-20(17-33)34-27-24(26(29)30-18-31-27)25(32-34)19-11-13-22(14-12-19)36-21-8-2-1-3-9-21/h1-3,8-9,11-14,18,20H,4-7,10,15-17,28H2,(H2,29,30,31). The normalized spacial score (nSPS) is 15.8. The topological polar surface area (TPSA) is 125 Å². The highest BCUT2D eigenvalue weighted by molar-refractivity contribution is 5.98. The van der Waals surface area contributed by atoms with Crippen molar-refractivity contribution in [3.63, 3.8) is 0 Å². The molecular formula is C27H31N7O2. The number of para-hydroxylation sites is 1. The number of likely N-dealkylation sites (tertiary alicyclic amines) is 1. The lowest BCUT2D eigenvalue weighted by atomic mass is 10.0. The minimum atomic E-state index is 0.0171. The molecule has 0 spiro atoms. The molecule has 2 aromatic carbocycles. The average molecular weight is 486 g/mol. The van der Waals surface area contributed by atoms with Crippen LogP contribution >= 0.6 is 0 Å². The first-order chi connectivity index (χ1) is 17.6. The third-order valence-electron chi connectivity index (χ3n) is 6.56. The molecule has 1 amide bonds. The van der Waals surface area contributed by atoms with Gasteiger partial charge in [0, 0.05) is 25.1 Å². The van der Waals surface area contributed by atoms with E-state index in [1.54, 1.807) is 0 Å². The van der Waals surface area contributed by atoms with Crippen molar-refractivity contribution in [1.29, 1.82) is 0 Å². The van der Waals surface area contributed by atoms with Gasteiger partial charge in [0.2, 0.25) is 5.91 Å². The van der Waals surface area contributed by atoms with E-state index >= 15 is 0 Å². The Balaban J connectivity index is 1.42. The molecule has 1 saturated heterocycles. The van der Waals surface area contributed by atoms with Gasteiger partial charge >= 0.3 is 0 Å². The predicted molar refractivity (Wildman–Crippen MR) is 139 cm³/mol. The van der Waals surface area contributed by atoms with Crippen LogP contribution in [0.2, 0.25) is 0 Å². The van der Waals surface area contributed by atoms with Crippen LogP contribution in [0.5, 0.6) is 11.5 Å². The summed E-state index contributed by atoms with van der Waals surface area (Å²) in [6, 6.07) is 17.4. The van der Waals surface area contributed by atoms with Gasteiger partial charge in [-0.1, -0.05) is 18.2 Å². The van der Waals surface area contributed by atoms with Crippen molar-refractivity contribution in [3.05, 3.63) is 60.9 Å². The molecule has 1 atom stereocenters. The zero-order chi connectivity index (χ0) is 24.9. The average Bonchev–Trinajstić information content (AvgIpc) is 3.31. The summed E-state index contributed by atoms with van der Waals surface area (Å²) in [5, 5.41) is 5.69. The summed E-state index contributed by atoms with van der Waals surface area (Å²) in [7, 11) is 0. The predicted octanol–water partition coefficient (Wildman–Crippen LogP) is 4.16. The second-order valence-corrected chi connectivity index (χ2v) is 9.07. The largest absolute Gasteiger partial charge is 0.457 e. The van der Waals surface area contributed by atoms with E-state index in [1.807, 2.05) is 64.2 Å². The molecule has 0 radical (unpaired) electrons. The molecular weight excluding hydrogens is 454 g/mol. The summed E-state index contributed by atoms with van der Waals surface area (Å²) in [4.78, 5) is 23.5. The molecule has 1 aliphatic rings. The second-order valence-electron chi connectivity index (χ2n) is 9.07. The number of carbonyl (C=O) groups excluding carboxylic acids is 1. The van der Waals surface area contributed by atoms with Crippen molar-refractivity contribution < 1.29 is 9.53 Å². The van der Waals surface area contributed by atoms with E-state index in [0.29, 0.717) is 31.0 Å². The fraction of sp³-hybridized carbons (Fsp3) is 0.333. The number of hydrogen-bond acceptors (Lipinski definition) is 7. The maximum atomic E-state index is 12.8. The Hall–Kier alpha value is -3.98. The number of amides is 1. The molecule has 1 fully saturated rings. The molecule has 9 nitrogen and oxygen atoms in total. The van der Waals surface area contributed by atoms with E-state index in [-0.39, 0.29) is 11.9 Å². The zero-order valence-corrected chi connectivity index (χ0v) is 20.2. The molecule has 2 aromatic heterocycles. The van der Waals surface area contributed by atoms with Crippen LogP contribution in [0.4, 0.5) is 5.82 Å². The number of nitrogens with two attached hydrogens (primary N) is 2. The van der Waals surface area contributed by atoms with Gasteiger partial charge < -0.3 is 21.1 Å². The SMILES string of the molecule is NCCCCC(=O)N1CCCC(n2nc(-c3ccc(Oc4ccccc4)cc3)c3c(N)ncnc32)C1. The van der Waals surface area contributed by atoms with E-state index in [1.165, 1.54) is 6.33 Å². The molecule has 3 heterocycles. The first-order valence-electron chi connectivity index (χ1n) is 12.4. The zero-order valence-electron chi connectivity index (χ0n) is 20.2. The number of piperidine rings is 1. The smallest absolute Gasteiger partial charge is 0.222 e. The number of unbranched alkanes of at least 4 members (excludes halogenated alkanes) is 1. The van der Waals surface area contributed by atoms with Crippen molar-refractivity contribution >= 4 is 22.8 Å². The van der Waals surface area contributed by atoms with Gasteiger partial charge in [-0.2, -0.15) is 5.10 Å². The Kier molecular flexibility index (Phi) is 7.08. The van der Waals surface area contributed by atoms with E-state index in [2.05, 4.69) is 9.97 Å². The molecule has 1 unspecified atom stereocenters. The Labute approximate surface area is 210 Å². The van der Waals surface area contributed by atoms with Crippen LogP contribution < -0.4 is 16.2 Å². The molecule has 0 bridgehead atoms. The lowest BCUT2D eigenvalue weighted by molar-refractivity contribution is -0.133. The Bertz CT molecular complexity index is 1320. The van der Waals surface area contributed by atoms with E-state index < -0.39 is 0 Å². The number of benzene rings is 2. The summed E-state index contributed by atoms with van der Waals surface area (Å²) >= 11 is 0. The summed E-state index contributed by atoms with van der Waals surface area (Å²) in [5.41, 5.74) is 14.2. The van der Waals surface area contributed by atoms with Crippen molar-refractivity contribution in [2.24, 2.45) is 5.73 Å². The molecule has 9 heteroatoms. The summed E-state index contributed by atoms with van der Waals surface area (Å²) in [6.07, 6.45) is 5.50. The van der Waals surface area contributed by atoms with E-state index in [9.17, 15) is 4.79 Å². The van der Waals surface area contributed by atoms with Crippen LogP contribution in [0.3, 0.4) is 0 Å². The number of anilines is 1. The van der Waals surface area contributed by atoms with Crippen molar-refractivity contribution in [2.75, 3.05) is 25.4 Å². The van der Waals surface area contributed by atoms with Crippen LogP contribution in [-0.4, -0.2) is 50.2 Å². The Morgan fingerprint density at radius 3 is 2.58 bits per heavy atom. The van der Waals surface area contributed by atoms with Gasteiger partial charge in [0.05, 0.1) is 11.4 Å². The first kappa shape index (κ1) is 23.7. The van der Waals surface area contributed by atoms with Crippen molar-refractivity contribution in [1.82, 2.24) is 24.6 Å². The summed E-state index contributed by atoms with van der Waals surface area (Å²) in [5.74, 6) is 2.07. The van der Waals surface area contributed by atoms with Gasteiger partial charge in [0.25, 0.3) is 0 Å². The first-order valence-corrected chi connectivity index (χ1v) is 12.4. The second kappa shape index (κ2) is 10.7. The number of nitrogen functional groups attached to an aromatic ring is 1. The number of ether oxygens (including phenoxy) is 1. The van der Waals surface area contributed by atoms with Crippen LogP contribution in [-0.2, 0) is 4.79 Å². The van der Waals surface area contributed by atoms with Crippen LogP contribution in [0.15, 0.2) is 60.9 Å². The summed E-state index contributed by atoms with van der Waals surface area (Å²) < 4.78 is 7.86. The van der Waals surface area contributed by atoms with Crippen molar-refractivity contribution in [3.8, 4) is 22.8 Å². The maximum Gasteiger partial charge on any atom is 0.222 e. The van der Waals surface area contributed by atoms with E-state index in [4.69, 9.17) is 21.3 Å². The van der Waals surface area contributed by atoms with Crippen LogP contribution in [0.1, 0.15) is 38.1 Å². The van der Waals surface area contributed by atoms with Gasteiger partial charge in [-0.25, -0.2) is 14.6 Å². The minimum Gasteiger partial charge on any atom is -0.457 e. The number of rotatable bonds is 8. The highest BCUT2D eigenvalue weighted by Crippen LogP contribution is 2.35. The third kappa shape index (κ3) is 5.01. The molecule has 4 aromatic rings. The maximum absolute atomic E-state index is 12.8. The molecule has 186 valence electrons. The van der Waals surface area contributed by atoms with Gasteiger partial charge in [0.1, 0.15) is 29.3 Å². The van der Waals surface area contributed by atoms with Crippen LogP contribution in [0.25, 0.3) is 22.3 Å². The number of nitrogens with zero attached hydrogens (tertiary/aromatic N) is 5. The Morgan fingerprint density at radius 2 is 1.81 bits per heavy atom. The monoisotopic (exact) mass is 485 g/mol. The molecule has 0 aliphatic carbocycles. The fourth-order valence-electron chi connectivity index (χ4n) is 4.72. The molecule has 0 saturated carbocycles. The van der Waals surface area contributed by atoms with Gasteiger partial charge in [-0.3, -0.25) is 4.79 Å². The number of fused-ring (bicyclic) bond motifs is 1. The van der Waals surface area contributed by atoms with Gasteiger partial charge in [0.15, 0.2) is 5.65 Å². The van der Waals surface area contributed by atoms with E-state index in [0.717, 1.165) is 60.4 Å². The highest BCUT2D eigenvalue weighted by atomic mass is 16.5. The number of carbonyl (C=O) groups is 1. The summed E-state index contributed by atoms with van der Waals surface area (Å²) in [6.45, 7) is 1.98. The molecule has 5 rings (SSSR count). The van der Waals surface area contributed by atoms with Crippen LogP contribution in [0, 0.1) is 0 Å². The Morgan fingerprint density at radius 1 is 1.03 bits per heavy atom. The minimum absolute atomic E-state index is 0.0171. The quantitative estimate of drug-likeness (QED) is 0.359.